The van der Waals surface area contributed by atoms with E-state index in [1.165, 1.54) is 13.2 Å². The van der Waals surface area contributed by atoms with Crippen molar-refractivity contribution >= 4 is 11.6 Å². The van der Waals surface area contributed by atoms with Gasteiger partial charge in [-0.05, 0) is 18.2 Å². The summed E-state index contributed by atoms with van der Waals surface area (Å²) in [5, 5.41) is 42.0. The first-order valence-electron chi connectivity index (χ1n) is 8.40. The molecule has 0 unspecified atom stereocenters. The topological polar surface area (TPSA) is 143 Å². The van der Waals surface area contributed by atoms with Crippen molar-refractivity contribution in [2.24, 2.45) is 0 Å². The molecule has 2 aliphatic heterocycles. The van der Waals surface area contributed by atoms with Gasteiger partial charge in [-0.1, -0.05) is 0 Å². The summed E-state index contributed by atoms with van der Waals surface area (Å²) >= 11 is 0. The number of hydrogen-bond acceptors (Lipinski definition) is 9. The lowest BCUT2D eigenvalue weighted by molar-refractivity contribution is -0.183. The van der Waals surface area contributed by atoms with E-state index in [9.17, 15) is 30.0 Å². The van der Waals surface area contributed by atoms with Crippen molar-refractivity contribution in [2.75, 3.05) is 7.11 Å². The van der Waals surface area contributed by atoms with Crippen LogP contribution in [-0.4, -0.2) is 51.7 Å². The fourth-order valence-corrected chi connectivity index (χ4v) is 4.11. The van der Waals surface area contributed by atoms with E-state index < -0.39 is 52.6 Å². The first kappa shape index (κ1) is 17.0. The number of ketones is 2. The minimum Gasteiger partial charge on any atom is -0.507 e. The number of carbonyl (C=O) groups is 2. The molecule has 9 nitrogen and oxygen atoms in total. The molecule has 0 amide bonds. The quantitative estimate of drug-likeness (QED) is 0.448. The van der Waals surface area contributed by atoms with Crippen molar-refractivity contribution < 1.29 is 44.2 Å². The van der Waals surface area contributed by atoms with Crippen LogP contribution in [0.25, 0.3) is 0 Å². The van der Waals surface area contributed by atoms with E-state index in [1.54, 1.807) is 0 Å². The summed E-state index contributed by atoms with van der Waals surface area (Å²) in [6.45, 7) is 0. The average Bonchev–Trinajstić information content (AvgIpc) is 3.10. The number of ether oxygens (including phenoxy) is 3. The Balaban J connectivity index is 1.76. The molecule has 4 N–H and O–H groups in total. The Kier molecular flexibility index (Phi) is 3.17. The Hall–Kier alpha value is -3.14. The van der Waals surface area contributed by atoms with Crippen LogP contribution in [0.2, 0.25) is 0 Å². The molecular weight excluding hydrogens is 372 g/mol. The minimum atomic E-state index is -1.78. The zero-order chi connectivity index (χ0) is 20.0. The summed E-state index contributed by atoms with van der Waals surface area (Å²) in [6.07, 6.45) is -2.02. The van der Waals surface area contributed by atoms with Crippen molar-refractivity contribution in [3.63, 3.8) is 0 Å². The summed E-state index contributed by atoms with van der Waals surface area (Å²) in [6, 6.07) is 3.40. The first-order valence-corrected chi connectivity index (χ1v) is 8.40. The van der Waals surface area contributed by atoms with Gasteiger partial charge >= 0.3 is 0 Å². The summed E-state index contributed by atoms with van der Waals surface area (Å²) in [7, 11) is 1.39. The third-order valence-corrected chi connectivity index (χ3v) is 5.42. The zero-order valence-electron chi connectivity index (χ0n) is 14.4. The maximum absolute atomic E-state index is 13.0. The number of rotatable bonds is 1. The van der Waals surface area contributed by atoms with Crippen LogP contribution in [0.5, 0.6) is 23.0 Å². The van der Waals surface area contributed by atoms with Crippen molar-refractivity contribution in [1.29, 1.82) is 0 Å². The summed E-state index contributed by atoms with van der Waals surface area (Å²) in [4.78, 5) is 25.9. The highest BCUT2D eigenvalue weighted by Crippen LogP contribution is 2.55. The number of aromatic hydroxyl groups is 3. The van der Waals surface area contributed by atoms with Crippen LogP contribution in [-0.2, 0) is 15.1 Å². The fraction of sp³-hybridized carbons (Fsp3) is 0.263. The van der Waals surface area contributed by atoms with Crippen molar-refractivity contribution in [2.45, 2.75) is 24.6 Å². The predicted molar refractivity (Wildman–Crippen MR) is 89.6 cm³/mol. The van der Waals surface area contributed by atoms with Gasteiger partial charge in [0.2, 0.25) is 12.1 Å². The Morgan fingerprint density at radius 3 is 2.36 bits per heavy atom. The molecule has 2 aromatic rings. The minimum absolute atomic E-state index is 0.0115. The lowest BCUT2D eigenvalue weighted by Gasteiger charge is -2.24. The largest absolute Gasteiger partial charge is 0.507 e. The van der Waals surface area contributed by atoms with E-state index in [0.29, 0.717) is 0 Å². The molecule has 1 saturated heterocycles. The lowest BCUT2D eigenvalue weighted by Crippen LogP contribution is -2.33. The Labute approximate surface area is 157 Å². The van der Waals surface area contributed by atoms with Gasteiger partial charge in [0.1, 0.15) is 23.0 Å². The van der Waals surface area contributed by atoms with Crippen molar-refractivity contribution in [3.05, 3.63) is 46.0 Å². The second-order valence-electron chi connectivity index (χ2n) is 6.91. The molecule has 0 aromatic heterocycles. The van der Waals surface area contributed by atoms with E-state index in [4.69, 9.17) is 14.2 Å². The van der Waals surface area contributed by atoms with Gasteiger partial charge in [-0.25, -0.2) is 0 Å². The lowest BCUT2D eigenvalue weighted by atomic mass is 9.79. The number of hydrogen-bond donors (Lipinski definition) is 4. The maximum Gasteiger partial charge on any atom is 0.235 e. The van der Waals surface area contributed by atoms with E-state index in [-0.39, 0.29) is 34.4 Å². The molecule has 9 heteroatoms. The third kappa shape index (κ3) is 1.85. The highest BCUT2D eigenvalue weighted by atomic mass is 16.8. The van der Waals surface area contributed by atoms with Crippen LogP contribution in [0, 0.1) is 0 Å². The average molecular weight is 386 g/mol. The molecule has 0 spiro atoms. The van der Waals surface area contributed by atoms with Gasteiger partial charge < -0.3 is 34.6 Å². The smallest absolute Gasteiger partial charge is 0.235 e. The van der Waals surface area contributed by atoms with E-state index in [1.807, 2.05) is 0 Å². The van der Waals surface area contributed by atoms with Crippen LogP contribution in [0.4, 0.5) is 0 Å². The van der Waals surface area contributed by atoms with Gasteiger partial charge in [-0.3, -0.25) is 9.59 Å². The predicted octanol–water partition coefficient (Wildman–Crippen LogP) is 0.878. The van der Waals surface area contributed by atoms with E-state index in [0.717, 1.165) is 12.1 Å². The Morgan fingerprint density at radius 2 is 1.71 bits per heavy atom. The number of phenols is 3. The monoisotopic (exact) mass is 386 g/mol. The molecule has 1 aliphatic carbocycles. The second kappa shape index (κ2) is 5.22. The summed E-state index contributed by atoms with van der Waals surface area (Å²) in [5.41, 5.74) is -3.21. The molecule has 0 bridgehead atoms. The van der Waals surface area contributed by atoms with Gasteiger partial charge in [-0.2, -0.15) is 0 Å². The number of methoxy groups -OCH3 is 1. The van der Waals surface area contributed by atoms with Crippen LogP contribution < -0.4 is 4.74 Å². The third-order valence-electron chi connectivity index (χ3n) is 5.42. The number of carbonyl (C=O) groups excluding carboxylic acids is 2. The molecule has 144 valence electrons. The molecule has 2 heterocycles. The summed E-state index contributed by atoms with van der Waals surface area (Å²) in [5.74, 6) is -3.24. The standard InChI is InChI=1S/C19H14O9/c1-26-10-5-19(25)14-9(27-18(19)28-10)4-6-11(17(14)24)16(23)13-8(21)3-2-7(20)12(13)15(6)22/h2-4,10,18,20-21,24-25H,5H2,1H3/t10-,18-,19+/m0/s1. The van der Waals surface area contributed by atoms with Crippen molar-refractivity contribution in [1.82, 2.24) is 0 Å². The van der Waals surface area contributed by atoms with E-state index >= 15 is 0 Å². The van der Waals surface area contributed by atoms with Gasteiger partial charge in [0.05, 0.1) is 22.3 Å². The molecule has 28 heavy (non-hydrogen) atoms. The maximum atomic E-state index is 13.0. The number of phenolic OH excluding ortho intramolecular Hbond substituents is 3. The SMILES string of the molecule is CO[C@@H]1C[C@@]2(O)c3c(cc4c(c3O)C(=O)c3c(O)ccc(O)c3C4=O)O[C@H]2O1. The first-order chi connectivity index (χ1) is 13.3. The van der Waals surface area contributed by atoms with Gasteiger partial charge in [0, 0.05) is 19.1 Å². The van der Waals surface area contributed by atoms with E-state index in [2.05, 4.69) is 0 Å². The summed E-state index contributed by atoms with van der Waals surface area (Å²) < 4.78 is 16.1. The fourth-order valence-electron chi connectivity index (χ4n) is 4.11. The van der Waals surface area contributed by atoms with Crippen LogP contribution in [0.15, 0.2) is 18.2 Å². The highest BCUT2D eigenvalue weighted by Gasteiger charge is 2.59. The molecule has 5 rings (SSSR count). The number of benzene rings is 2. The van der Waals surface area contributed by atoms with Crippen molar-refractivity contribution in [3.8, 4) is 23.0 Å². The molecular formula is C19H14O9. The normalized spacial score (nSPS) is 27.1. The molecule has 1 fully saturated rings. The molecule has 3 aliphatic rings. The zero-order valence-corrected chi connectivity index (χ0v) is 14.4. The molecule has 0 radical (unpaired) electrons. The second-order valence-corrected chi connectivity index (χ2v) is 6.91. The number of fused-ring (bicyclic) bond motifs is 5. The molecule has 3 atom stereocenters. The Bertz CT molecular complexity index is 1090. The highest BCUT2D eigenvalue weighted by molar-refractivity contribution is 6.31. The number of aliphatic hydroxyl groups is 1. The molecule has 0 saturated carbocycles. The van der Waals surface area contributed by atoms with Crippen LogP contribution in [0.3, 0.4) is 0 Å². The van der Waals surface area contributed by atoms with Gasteiger partial charge in [-0.15, -0.1) is 0 Å². The molecule has 2 aromatic carbocycles. The van der Waals surface area contributed by atoms with Crippen LogP contribution in [0.1, 0.15) is 43.8 Å². The van der Waals surface area contributed by atoms with Crippen LogP contribution >= 0.6 is 0 Å². The Morgan fingerprint density at radius 1 is 1.07 bits per heavy atom. The van der Waals surface area contributed by atoms with Gasteiger partial charge in [0.15, 0.2) is 17.7 Å². The van der Waals surface area contributed by atoms with Gasteiger partial charge in [0.25, 0.3) is 0 Å².